The fourth-order valence-corrected chi connectivity index (χ4v) is 3.85. The minimum Gasteiger partial charge on any atom is -0.494 e. The van der Waals surface area contributed by atoms with Crippen molar-refractivity contribution in [2.75, 3.05) is 18.5 Å². The van der Waals surface area contributed by atoms with Gasteiger partial charge in [-0.15, -0.1) is 0 Å². The molecule has 0 aliphatic rings. The zero-order valence-electron chi connectivity index (χ0n) is 17.1. The van der Waals surface area contributed by atoms with Crippen molar-refractivity contribution in [2.24, 2.45) is 0 Å². The molecule has 0 bridgehead atoms. The van der Waals surface area contributed by atoms with Crippen molar-refractivity contribution in [1.29, 1.82) is 0 Å². The van der Waals surface area contributed by atoms with E-state index in [1.807, 2.05) is 68.4 Å². The molecule has 0 amide bonds. The molecule has 0 saturated heterocycles. The van der Waals surface area contributed by atoms with Gasteiger partial charge in [0.2, 0.25) is 0 Å². The lowest BCUT2D eigenvalue weighted by atomic mass is 10.2. The van der Waals surface area contributed by atoms with E-state index in [1.54, 1.807) is 0 Å². The Labute approximate surface area is 196 Å². The number of ether oxygens (including phenoxy) is 3. The van der Waals surface area contributed by atoms with E-state index in [9.17, 15) is 0 Å². The molecular weight excluding hydrogens is 513 g/mol. The largest absolute Gasteiger partial charge is 0.494 e. The van der Waals surface area contributed by atoms with Crippen molar-refractivity contribution in [3.63, 3.8) is 0 Å². The molecule has 0 fully saturated rings. The number of halogens is 2. The first-order chi connectivity index (χ1) is 14.6. The van der Waals surface area contributed by atoms with Gasteiger partial charge < -0.3 is 19.5 Å². The number of rotatable bonds is 10. The second-order valence-electron chi connectivity index (χ2n) is 6.56. The van der Waals surface area contributed by atoms with Crippen molar-refractivity contribution < 1.29 is 14.2 Å². The summed E-state index contributed by atoms with van der Waals surface area (Å²) in [5.41, 5.74) is 3.21. The normalized spacial score (nSPS) is 10.5. The molecule has 3 aromatic carbocycles. The second kappa shape index (κ2) is 11.3. The summed E-state index contributed by atoms with van der Waals surface area (Å²) in [5.74, 6) is 2.39. The van der Waals surface area contributed by atoms with Gasteiger partial charge in [-0.1, -0.05) is 23.7 Å². The first kappa shape index (κ1) is 22.6. The molecule has 0 atom stereocenters. The molecule has 0 unspecified atom stereocenters. The van der Waals surface area contributed by atoms with E-state index in [0.29, 0.717) is 31.4 Å². The maximum Gasteiger partial charge on any atom is 0.174 e. The third-order valence-corrected chi connectivity index (χ3v) is 5.38. The zero-order chi connectivity index (χ0) is 21.3. The standard InChI is InChI=1S/C24H25ClINO3/c1-3-28-21-11-9-20(10-12-21)27-15-18-13-22(26)24(23(14-18)29-4-2)30-16-17-5-7-19(25)8-6-17/h5-14,27H,3-4,15-16H2,1-2H3. The van der Waals surface area contributed by atoms with Crippen LogP contribution in [-0.2, 0) is 13.2 Å². The monoisotopic (exact) mass is 537 g/mol. The van der Waals surface area contributed by atoms with E-state index >= 15 is 0 Å². The highest BCUT2D eigenvalue weighted by Gasteiger charge is 2.13. The van der Waals surface area contributed by atoms with Gasteiger partial charge in [-0.05, 0) is 96.1 Å². The van der Waals surface area contributed by atoms with E-state index in [-0.39, 0.29) is 0 Å². The van der Waals surface area contributed by atoms with Crippen LogP contribution in [0.5, 0.6) is 17.2 Å². The minimum atomic E-state index is 0.455. The van der Waals surface area contributed by atoms with Crippen LogP contribution in [0.15, 0.2) is 60.7 Å². The smallest absolute Gasteiger partial charge is 0.174 e. The van der Waals surface area contributed by atoms with Crippen LogP contribution in [0.2, 0.25) is 5.02 Å². The average Bonchev–Trinajstić information content (AvgIpc) is 2.74. The Bertz CT molecular complexity index is 946. The summed E-state index contributed by atoms with van der Waals surface area (Å²) in [5, 5.41) is 4.16. The van der Waals surface area contributed by atoms with Gasteiger partial charge in [-0.25, -0.2) is 0 Å². The lowest BCUT2D eigenvalue weighted by molar-refractivity contribution is 0.267. The molecule has 6 heteroatoms. The minimum absolute atomic E-state index is 0.455. The number of hydrogen-bond acceptors (Lipinski definition) is 4. The van der Waals surface area contributed by atoms with E-state index < -0.39 is 0 Å². The molecule has 1 N–H and O–H groups in total. The fraction of sp³-hybridized carbons (Fsp3) is 0.250. The van der Waals surface area contributed by atoms with Crippen molar-refractivity contribution in [1.82, 2.24) is 0 Å². The van der Waals surface area contributed by atoms with E-state index in [2.05, 4.69) is 34.0 Å². The number of anilines is 1. The summed E-state index contributed by atoms with van der Waals surface area (Å²) in [4.78, 5) is 0. The second-order valence-corrected chi connectivity index (χ2v) is 8.16. The molecule has 0 spiro atoms. The lowest BCUT2D eigenvalue weighted by Crippen LogP contribution is -2.05. The molecule has 0 saturated carbocycles. The van der Waals surface area contributed by atoms with Gasteiger partial charge in [0.15, 0.2) is 11.5 Å². The Morgan fingerprint density at radius 1 is 0.833 bits per heavy atom. The zero-order valence-corrected chi connectivity index (χ0v) is 20.0. The Balaban J connectivity index is 1.69. The predicted octanol–water partition coefficient (Wildman–Crippen LogP) is 6.93. The highest BCUT2D eigenvalue weighted by Crippen LogP contribution is 2.35. The molecule has 0 heterocycles. The first-order valence-corrected chi connectivity index (χ1v) is 11.3. The molecular formula is C24H25ClINO3. The van der Waals surface area contributed by atoms with E-state index in [4.69, 9.17) is 25.8 Å². The fourth-order valence-electron chi connectivity index (χ4n) is 2.90. The Kier molecular flexibility index (Phi) is 8.51. The molecule has 30 heavy (non-hydrogen) atoms. The van der Waals surface area contributed by atoms with Crippen LogP contribution in [0.4, 0.5) is 5.69 Å². The Hall–Kier alpha value is -2.12. The molecule has 0 aliphatic heterocycles. The maximum atomic E-state index is 6.09. The summed E-state index contributed by atoms with van der Waals surface area (Å²) >= 11 is 8.26. The van der Waals surface area contributed by atoms with Crippen LogP contribution in [0, 0.1) is 3.57 Å². The number of nitrogens with one attached hydrogen (secondary N) is 1. The molecule has 3 aromatic rings. The van der Waals surface area contributed by atoms with Gasteiger partial charge in [0.1, 0.15) is 12.4 Å². The van der Waals surface area contributed by atoms with Gasteiger partial charge in [0.05, 0.1) is 16.8 Å². The molecule has 0 aliphatic carbocycles. The van der Waals surface area contributed by atoms with Crippen LogP contribution in [0.1, 0.15) is 25.0 Å². The van der Waals surface area contributed by atoms with Crippen molar-refractivity contribution >= 4 is 39.9 Å². The van der Waals surface area contributed by atoms with Gasteiger partial charge >= 0.3 is 0 Å². The predicted molar refractivity (Wildman–Crippen MR) is 131 cm³/mol. The third-order valence-electron chi connectivity index (χ3n) is 4.33. The van der Waals surface area contributed by atoms with E-state index in [0.717, 1.165) is 37.6 Å². The number of hydrogen-bond donors (Lipinski definition) is 1. The van der Waals surface area contributed by atoms with Gasteiger partial charge in [-0.3, -0.25) is 0 Å². The van der Waals surface area contributed by atoms with Crippen molar-refractivity contribution in [2.45, 2.75) is 27.0 Å². The van der Waals surface area contributed by atoms with Crippen LogP contribution in [0.25, 0.3) is 0 Å². The lowest BCUT2D eigenvalue weighted by Gasteiger charge is -2.16. The van der Waals surface area contributed by atoms with Crippen molar-refractivity contribution in [3.8, 4) is 17.2 Å². The summed E-state index contributed by atoms with van der Waals surface area (Å²) in [6.45, 7) is 6.33. The molecule has 0 aromatic heterocycles. The quantitative estimate of drug-likeness (QED) is 0.285. The summed E-state index contributed by atoms with van der Waals surface area (Å²) in [7, 11) is 0. The summed E-state index contributed by atoms with van der Waals surface area (Å²) < 4.78 is 18.5. The van der Waals surface area contributed by atoms with Crippen LogP contribution in [0.3, 0.4) is 0 Å². The van der Waals surface area contributed by atoms with E-state index in [1.165, 1.54) is 0 Å². The van der Waals surface area contributed by atoms with Crippen LogP contribution in [-0.4, -0.2) is 13.2 Å². The number of benzene rings is 3. The van der Waals surface area contributed by atoms with Gasteiger partial charge in [0, 0.05) is 17.3 Å². The van der Waals surface area contributed by atoms with Gasteiger partial charge in [-0.2, -0.15) is 0 Å². The highest BCUT2D eigenvalue weighted by atomic mass is 127. The molecule has 3 rings (SSSR count). The Morgan fingerprint density at radius 2 is 1.53 bits per heavy atom. The van der Waals surface area contributed by atoms with Crippen LogP contribution < -0.4 is 19.5 Å². The topological polar surface area (TPSA) is 39.7 Å². The van der Waals surface area contributed by atoms with Crippen molar-refractivity contribution in [3.05, 3.63) is 80.4 Å². The SMILES string of the molecule is CCOc1ccc(NCc2cc(I)c(OCc3ccc(Cl)cc3)c(OCC)c2)cc1. The molecule has 0 radical (unpaired) electrons. The molecule has 4 nitrogen and oxygen atoms in total. The third kappa shape index (κ3) is 6.44. The first-order valence-electron chi connectivity index (χ1n) is 9.88. The molecule has 158 valence electrons. The summed E-state index contributed by atoms with van der Waals surface area (Å²) in [6.07, 6.45) is 0. The summed E-state index contributed by atoms with van der Waals surface area (Å²) in [6, 6.07) is 19.8. The van der Waals surface area contributed by atoms with Gasteiger partial charge in [0.25, 0.3) is 0 Å². The maximum absolute atomic E-state index is 6.09. The van der Waals surface area contributed by atoms with Crippen LogP contribution >= 0.6 is 34.2 Å². The highest BCUT2D eigenvalue weighted by molar-refractivity contribution is 14.1. The Morgan fingerprint density at radius 3 is 2.20 bits per heavy atom. The average molecular weight is 538 g/mol.